The minimum Gasteiger partial charge on any atom is -0.370 e. The topological polar surface area (TPSA) is 49.8 Å². The first-order chi connectivity index (χ1) is 10.2. The number of aryl methyl sites for hydroxylation is 1. The molecule has 1 saturated carbocycles. The van der Waals surface area contributed by atoms with Crippen LogP contribution in [0.1, 0.15) is 70.2 Å². The molecule has 1 aliphatic rings. The van der Waals surface area contributed by atoms with E-state index < -0.39 is 0 Å². The van der Waals surface area contributed by atoms with Gasteiger partial charge in [0.1, 0.15) is 17.5 Å². The summed E-state index contributed by atoms with van der Waals surface area (Å²) in [5.74, 6) is 2.98. The van der Waals surface area contributed by atoms with Gasteiger partial charge in [0.15, 0.2) is 0 Å². The molecule has 0 aromatic carbocycles. The van der Waals surface area contributed by atoms with Gasteiger partial charge in [-0.05, 0) is 33.1 Å². The van der Waals surface area contributed by atoms with Crippen LogP contribution in [0.2, 0.25) is 0 Å². The van der Waals surface area contributed by atoms with Crippen molar-refractivity contribution < 1.29 is 0 Å². The summed E-state index contributed by atoms with van der Waals surface area (Å²) in [6.45, 7) is 7.30. The van der Waals surface area contributed by atoms with Gasteiger partial charge in [-0.25, -0.2) is 9.97 Å². The summed E-state index contributed by atoms with van der Waals surface area (Å²) in [6.07, 6.45) is 9.99. The van der Waals surface area contributed by atoms with Crippen LogP contribution in [0.3, 0.4) is 0 Å². The maximum absolute atomic E-state index is 4.77. The van der Waals surface area contributed by atoms with Crippen LogP contribution in [0.15, 0.2) is 0 Å². The number of rotatable bonds is 6. The van der Waals surface area contributed by atoms with Crippen molar-refractivity contribution in [2.75, 3.05) is 17.2 Å². The molecule has 2 N–H and O–H groups in total. The van der Waals surface area contributed by atoms with Crippen molar-refractivity contribution in [3.8, 4) is 0 Å². The van der Waals surface area contributed by atoms with Crippen molar-refractivity contribution in [1.29, 1.82) is 0 Å². The molecular formula is C17H30N4. The van der Waals surface area contributed by atoms with Crippen LogP contribution in [0.25, 0.3) is 0 Å². The van der Waals surface area contributed by atoms with Gasteiger partial charge in [-0.2, -0.15) is 0 Å². The Kier molecular flexibility index (Phi) is 6.27. The second-order valence-corrected chi connectivity index (χ2v) is 6.08. The lowest BCUT2D eigenvalue weighted by Gasteiger charge is -2.20. The maximum atomic E-state index is 4.77. The first kappa shape index (κ1) is 16.1. The van der Waals surface area contributed by atoms with Crippen molar-refractivity contribution in [2.24, 2.45) is 0 Å². The molecule has 2 rings (SSSR count). The Morgan fingerprint density at radius 1 is 1.00 bits per heavy atom. The van der Waals surface area contributed by atoms with Gasteiger partial charge in [-0.1, -0.05) is 32.6 Å². The van der Waals surface area contributed by atoms with Gasteiger partial charge in [0.05, 0.1) is 0 Å². The number of hydrogen-bond donors (Lipinski definition) is 2. The highest BCUT2D eigenvalue weighted by molar-refractivity contribution is 5.57. The van der Waals surface area contributed by atoms with E-state index in [0.29, 0.717) is 6.04 Å². The van der Waals surface area contributed by atoms with Crippen LogP contribution in [-0.2, 0) is 6.42 Å². The first-order valence-corrected chi connectivity index (χ1v) is 8.62. The molecule has 0 radical (unpaired) electrons. The van der Waals surface area contributed by atoms with E-state index in [1.54, 1.807) is 0 Å². The molecule has 1 heterocycles. The minimum atomic E-state index is 0.574. The van der Waals surface area contributed by atoms with Gasteiger partial charge < -0.3 is 10.6 Å². The fraction of sp³-hybridized carbons (Fsp3) is 0.765. The molecule has 4 nitrogen and oxygen atoms in total. The summed E-state index contributed by atoms with van der Waals surface area (Å²) in [6, 6.07) is 0.574. The Labute approximate surface area is 129 Å². The van der Waals surface area contributed by atoms with Gasteiger partial charge in [0.2, 0.25) is 0 Å². The van der Waals surface area contributed by atoms with Gasteiger partial charge >= 0.3 is 0 Å². The molecule has 0 unspecified atom stereocenters. The summed E-state index contributed by atoms with van der Waals surface area (Å²) >= 11 is 0. The molecule has 0 bridgehead atoms. The van der Waals surface area contributed by atoms with Crippen molar-refractivity contribution >= 4 is 11.6 Å². The number of aromatic nitrogens is 2. The van der Waals surface area contributed by atoms with Crippen LogP contribution >= 0.6 is 0 Å². The van der Waals surface area contributed by atoms with Gasteiger partial charge in [-0.15, -0.1) is 0 Å². The third kappa shape index (κ3) is 4.58. The van der Waals surface area contributed by atoms with E-state index in [1.165, 1.54) is 38.5 Å². The molecule has 1 aromatic rings. The average Bonchev–Trinajstić information content (AvgIpc) is 2.73. The second kappa shape index (κ2) is 8.20. The number of anilines is 2. The monoisotopic (exact) mass is 290 g/mol. The van der Waals surface area contributed by atoms with E-state index >= 15 is 0 Å². The Bertz CT molecular complexity index is 437. The van der Waals surface area contributed by atoms with E-state index in [9.17, 15) is 0 Å². The van der Waals surface area contributed by atoms with Crippen LogP contribution in [0.5, 0.6) is 0 Å². The average molecular weight is 290 g/mol. The predicted octanol–water partition coefficient (Wildman–Crippen LogP) is 4.30. The highest BCUT2D eigenvalue weighted by Crippen LogP contribution is 2.25. The molecule has 0 spiro atoms. The highest BCUT2D eigenvalue weighted by atomic mass is 15.1. The molecule has 0 saturated heterocycles. The van der Waals surface area contributed by atoms with E-state index in [-0.39, 0.29) is 0 Å². The van der Waals surface area contributed by atoms with E-state index in [0.717, 1.165) is 42.4 Å². The molecular weight excluding hydrogens is 260 g/mol. The van der Waals surface area contributed by atoms with Crippen molar-refractivity contribution in [3.05, 3.63) is 11.4 Å². The number of hydrogen-bond acceptors (Lipinski definition) is 4. The van der Waals surface area contributed by atoms with E-state index in [4.69, 9.17) is 4.98 Å². The van der Waals surface area contributed by atoms with E-state index in [1.807, 2.05) is 0 Å². The SMILES string of the molecule is CCCc1nc(NCC)c(C)c(NC2CCCCCC2)n1. The Morgan fingerprint density at radius 3 is 2.29 bits per heavy atom. The quantitative estimate of drug-likeness (QED) is 0.767. The molecule has 118 valence electrons. The Balaban J connectivity index is 2.18. The summed E-state index contributed by atoms with van der Waals surface area (Å²) in [5, 5.41) is 7.07. The fourth-order valence-electron chi connectivity index (χ4n) is 3.00. The number of nitrogens with one attached hydrogen (secondary N) is 2. The van der Waals surface area contributed by atoms with Crippen LogP contribution in [0, 0.1) is 6.92 Å². The summed E-state index contributed by atoms with van der Waals surface area (Å²) in [5.41, 5.74) is 1.15. The summed E-state index contributed by atoms with van der Waals surface area (Å²) in [4.78, 5) is 9.43. The zero-order valence-electron chi connectivity index (χ0n) is 13.8. The molecule has 4 heteroatoms. The first-order valence-electron chi connectivity index (χ1n) is 8.62. The maximum Gasteiger partial charge on any atom is 0.134 e. The predicted molar refractivity (Wildman–Crippen MR) is 90.0 cm³/mol. The smallest absolute Gasteiger partial charge is 0.134 e. The van der Waals surface area contributed by atoms with Crippen LogP contribution in [-0.4, -0.2) is 22.6 Å². The molecule has 1 aromatic heterocycles. The van der Waals surface area contributed by atoms with Crippen LogP contribution < -0.4 is 10.6 Å². The Hall–Kier alpha value is -1.32. The lowest BCUT2D eigenvalue weighted by Crippen LogP contribution is -2.21. The fourth-order valence-corrected chi connectivity index (χ4v) is 3.00. The van der Waals surface area contributed by atoms with Crippen molar-refractivity contribution in [3.63, 3.8) is 0 Å². The summed E-state index contributed by atoms with van der Waals surface area (Å²) in [7, 11) is 0. The third-order valence-corrected chi connectivity index (χ3v) is 4.21. The molecule has 0 aliphatic heterocycles. The van der Waals surface area contributed by atoms with Gasteiger partial charge in [0.25, 0.3) is 0 Å². The lowest BCUT2D eigenvalue weighted by atomic mass is 10.1. The van der Waals surface area contributed by atoms with Crippen molar-refractivity contribution in [1.82, 2.24) is 9.97 Å². The third-order valence-electron chi connectivity index (χ3n) is 4.21. The van der Waals surface area contributed by atoms with E-state index in [2.05, 4.69) is 36.4 Å². The molecule has 21 heavy (non-hydrogen) atoms. The molecule has 1 aliphatic carbocycles. The molecule has 0 atom stereocenters. The zero-order valence-corrected chi connectivity index (χ0v) is 13.8. The molecule has 0 amide bonds. The highest BCUT2D eigenvalue weighted by Gasteiger charge is 2.16. The summed E-state index contributed by atoms with van der Waals surface area (Å²) < 4.78 is 0. The van der Waals surface area contributed by atoms with Crippen molar-refractivity contribution in [2.45, 2.75) is 78.2 Å². The van der Waals surface area contributed by atoms with Gasteiger partial charge in [0, 0.05) is 24.6 Å². The zero-order chi connectivity index (χ0) is 15.1. The standard InChI is InChI=1S/C17H30N4/c1-4-10-15-20-16(18-5-2)13(3)17(21-15)19-14-11-8-6-7-9-12-14/h14H,4-12H2,1-3H3,(H2,18,19,20,21). The largest absolute Gasteiger partial charge is 0.370 e. The minimum absolute atomic E-state index is 0.574. The van der Waals surface area contributed by atoms with Crippen LogP contribution in [0.4, 0.5) is 11.6 Å². The Morgan fingerprint density at radius 2 is 1.67 bits per heavy atom. The van der Waals surface area contributed by atoms with Gasteiger partial charge in [-0.3, -0.25) is 0 Å². The normalized spacial score (nSPS) is 16.5. The second-order valence-electron chi connectivity index (χ2n) is 6.08. The number of nitrogens with zero attached hydrogens (tertiary/aromatic N) is 2. The molecule has 1 fully saturated rings. The lowest BCUT2D eigenvalue weighted by molar-refractivity contribution is 0.616.